The van der Waals surface area contributed by atoms with Crippen LogP contribution in [0.5, 0.6) is 5.75 Å². The van der Waals surface area contributed by atoms with Gasteiger partial charge in [-0.15, -0.1) is 0 Å². The van der Waals surface area contributed by atoms with Gasteiger partial charge in [-0.25, -0.2) is 0 Å². The van der Waals surface area contributed by atoms with Crippen LogP contribution in [0.1, 0.15) is 32.3 Å². The van der Waals surface area contributed by atoms with Crippen molar-refractivity contribution in [3.8, 4) is 5.75 Å². The summed E-state index contributed by atoms with van der Waals surface area (Å²) in [5.41, 5.74) is 1.41. The fraction of sp³-hybridized carbons (Fsp3) is 0.538. The minimum Gasteiger partial charge on any atom is -0.497 e. The van der Waals surface area contributed by atoms with Crippen LogP contribution < -0.4 is 4.74 Å². The lowest BCUT2D eigenvalue weighted by Gasteiger charge is -2.08. The van der Waals surface area contributed by atoms with E-state index in [4.69, 9.17) is 4.74 Å². The Balaban J connectivity index is 2.43. The number of methoxy groups -OCH3 is 1. The van der Waals surface area contributed by atoms with Gasteiger partial charge in [-0.2, -0.15) is 0 Å². The molecule has 1 nitrogen and oxygen atoms in total. The summed E-state index contributed by atoms with van der Waals surface area (Å²) in [5, 5.41) is 0. The van der Waals surface area contributed by atoms with Crippen molar-refractivity contribution in [1.29, 1.82) is 0 Å². The molecule has 0 bridgehead atoms. The lowest BCUT2D eigenvalue weighted by atomic mass is 9.99. The fourth-order valence-corrected chi connectivity index (χ4v) is 1.41. The van der Waals surface area contributed by atoms with Crippen molar-refractivity contribution in [2.24, 2.45) is 5.92 Å². The molecule has 1 aromatic rings. The Bertz CT molecular complexity index is 250. The SMILES string of the molecule is CC[C@H](C)CCc1ccc(OC)cc1. The Hall–Kier alpha value is -0.980. The van der Waals surface area contributed by atoms with E-state index in [-0.39, 0.29) is 0 Å². The molecular formula is C13H20O. The van der Waals surface area contributed by atoms with Crippen LogP contribution in [0.4, 0.5) is 0 Å². The molecule has 0 aromatic heterocycles. The third kappa shape index (κ3) is 3.41. The molecule has 14 heavy (non-hydrogen) atoms. The first-order valence-electron chi connectivity index (χ1n) is 5.39. The molecule has 0 aliphatic carbocycles. The number of aryl methyl sites for hydroxylation is 1. The highest BCUT2D eigenvalue weighted by atomic mass is 16.5. The largest absolute Gasteiger partial charge is 0.497 e. The first kappa shape index (κ1) is 11.1. The molecule has 0 saturated carbocycles. The lowest BCUT2D eigenvalue weighted by molar-refractivity contribution is 0.414. The van der Waals surface area contributed by atoms with Gasteiger partial charge in [-0.3, -0.25) is 0 Å². The Morgan fingerprint density at radius 2 is 1.86 bits per heavy atom. The number of benzene rings is 1. The smallest absolute Gasteiger partial charge is 0.118 e. The molecule has 0 heterocycles. The second-order valence-electron chi connectivity index (χ2n) is 3.90. The molecule has 78 valence electrons. The van der Waals surface area contributed by atoms with Crippen LogP contribution in [0.25, 0.3) is 0 Å². The maximum atomic E-state index is 5.12. The van der Waals surface area contributed by atoms with Crippen LogP contribution in [-0.4, -0.2) is 7.11 Å². The molecule has 0 fully saturated rings. The number of ether oxygens (including phenoxy) is 1. The molecule has 0 aliphatic heterocycles. The molecule has 0 amide bonds. The van der Waals surface area contributed by atoms with Crippen molar-refractivity contribution in [3.63, 3.8) is 0 Å². The fourth-order valence-electron chi connectivity index (χ4n) is 1.41. The molecule has 1 aromatic carbocycles. The molecule has 0 saturated heterocycles. The van der Waals surface area contributed by atoms with Crippen molar-refractivity contribution in [2.45, 2.75) is 33.1 Å². The van der Waals surface area contributed by atoms with E-state index in [1.165, 1.54) is 24.8 Å². The average molecular weight is 192 g/mol. The van der Waals surface area contributed by atoms with Crippen LogP contribution in [-0.2, 0) is 6.42 Å². The van der Waals surface area contributed by atoms with Gasteiger partial charge in [0.2, 0.25) is 0 Å². The summed E-state index contributed by atoms with van der Waals surface area (Å²) in [7, 11) is 1.70. The highest BCUT2D eigenvalue weighted by Gasteiger charge is 2.00. The predicted octanol–water partition coefficient (Wildman–Crippen LogP) is 3.67. The van der Waals surface area contributed by atoms with Gasteiger partial charge in [-0.05, 0) is 36.5 Å². The van der Waals surface area contributed by atoms with Gasteiger partial charge in [0.15, 0.2) is 0 Å². The van der Waals surface area contributed by atoms with Crippen molar-refractivity contribution >= 4 is 0 Å². The maximum absolute atomic E-state index is 5.12. The minimum absolute atomic E-state index is 0.831. The Kier molecular flexibility index (Phi) is 4.51. The second-order valence-corrected chi connectivity index (χ2v) is 3.90. The molecule has 0 aliphatic rings. The minimum atomic E-state index is 0.831. The van der Waals surface area contributed by atoms with E-state index in [0.717, 1.165) is 11.7 Å². The Morgan fingerprint density at radius 1 is 1.21 bits per heavy atom. The van der Waals surface area contributed by atoms with Crippen molar-refractivity contribution in [1.82, 2.24) is 0 Å². The Morgan fingerprint density at radius 3 is 2.36 bits per heavy atom. The third-order valence-electron chi connectivity index (χ3n) is 2.78. The average Bonchev–Trinajstić information content (AvgIpc) is 2.26. The van der Waals surface area contributed by atoms with E-state index < -0.39 is 0 Å². The summed E-state index contributed by atoms with van der Waals surface area (Å²) in [4.78, 5) is 0. The summed E-state index contributed by atoms with van der Waals surface area (Å²) in [5.74, 6) is 1.77. The van der Waals surface area contributed by atoms with E-state index >= 15 is 0 Å². The predicted molar refractivity (Wildman–Crippen MR) is 60.8 cm³/mol. The molecule has 0 spiro atoms. The monoisotopic (exact) mass is 192 g/mol. The van der Waals surface area contributed by atoms with E-state index in [2.05, 4.69) is 26.0 Å². The molecule has 0 N–H and O–H groups in total. The van der Waals surface area contributed by atoms with E-state index in [1.807, 2.05) is 12.1 Å². The first-order chi connectivity index (χ1) is 6.76. The zero-order chi connectivity index (χ0) is 10.4. The van der Waals surface area contributed by atoms with Crippen molar-refractivity contribution < 1.29 is 4.74 Å². The maximum Gasteiger partial charge on any atom is 0.118 e. The van der Waals surface area contributed by atoms with Gasteiger partial charge in [0.1, 0.15) is 5.75 Å². The van der Waals surface area contributed by atoms with Crippen molar-refractivity contribution in [2.75, 3.05) is 7.11 Å². The van der Waals surface area contributed by atoms with E-state index in [9.17, 15) is 0 Å². The zero-order valence-corrected chi connectivity index (χ0v) is 9.42. The van der Waals surface area contributed by atoms with Gasteiger partial charge < -0.3 is 4.74 Å². The molecule has 0 unspecified atom stereocenters. The summed E-state index contributed by atoms with van der Waals surface area (Å²) >= 11 is 0. The lowest BCUT2D eigenvalue weighted by Crippen LogP contribution is -1.95. The quantitative estimate of drug-likeness (QED) is 0.691. The summed E-state index contributed by atoms with van der Waals surface area (Å²) in [6.07, 6.45) is 3.73. The second kappa shape index (κ2) is 5.69. The summed E-state index contributed by atoms with van der Waals surface area (Å²) < 4.78 is 5.12. The molecule has 1 atom stereocenters. The number of rotatable bonds is 5. The molecule has 0 radical (unpaired) electrons. The Labute approximate surface area is 87.1 Å². The molecule has 1 rings (SSSR count). The van der Waals surface area contributed by atoms with Crippen LogP contribution >= 0.6 is 0 Å². The normalized spacial score (nSPS) is 12.5. The summed E-state index contributed by atoms with van der Waals surface area (Å²) in [6, 6.07) is 8.38. The molecular weight excluding hydrogens is 172 g/mol. The number of hydrogen-bond acceptors (Lipinski definition) is 1. The van der Waals surface area contributed by atoms with Gasteiger partial charge in [0.05, 0.1) is 7.11 Å². The van der Waals surface area contributed by atoms with Crippen LogP contribution in [0.2, 0.25) is 0 Å². The van der Waals surface area contributed by atoms with Gasteiger partial charge >= 0.3 is 0 Å². The molecule has 1 heteroatoms. The standard InChI is InChI=1S/C13H20O/c1-4-11(2)5-6-12-7-9-13(14-3)10-8-12/h7-11H,4-6H2,1-3H3/t11-/m0/s1. The zero-order valence-electron chi connectivity index (χ0n) is 9.42. The highest BCUT2D eigenvalue weighted by molar-refractivity contribution is 5.27. The topological polar surface area (TPSA) is 9.23 Å². The van der Waals surface area contributed by atoms with E-state index in [0.29, 0.717) is 0 Å². The van der Waals surface area contributed by atoms with E-state index in [1.54, 1.807) is 7.11 Å². The first-order valence-corrected chi connectivity index (χ1v) is 5.39. The highest BCUT2D eigenvalue weighted by Crippen LogP contribution is 2.15. The third-order valence-corrected chi connectivity index (χ3v) is 2.78. The summed E-state index contributed by atoms with van der Waals surface area (Å²) in [6.45, 7) is 4.56. The van der Waals surface area contributed by atoms with Crippen LogP contribution in [0.15, 0.2) is 24.3 Å². The van der Waals surface area contributed by atoms with Crippen LogP contribution in [0, 0.1) is 5.92 Å². The number of hydrogen-bond donors (Lipinski definition) is 0. The van der Waals surface area contributed by atoms with Crippen LogP contribution in [0.3, 0.4) is 0 Å². The van der Waals surface area contributed by atoms with Gasteiger partial charge in [0, 0.05) is 0 Å². The van der Waals surface area contributed by atoms with Gasteiger partial charge in [0.25, 0.3) is 0 Å². The van der Waals surface area contributed by atoms with Gasteiger partial charge in [-0.1, -0.05) is 32.4 Å². The van der Waals surface area contributed by atoms with Crippen molar-refractivity contribution in [3.05, 3.63) is 29.8 Å².